The van der Waals surface area contributed by atoms with Crippen molar-refractivity contribution < 1.29 is 9.47 Å². The molecule has 0 bridgehead atoms. The van der Waals surface area contributed by atoms with Crippen LogP contribution in [-0.4, -0.2) is 65.4 Å². The van der Waals surface area contributed by atoms with E-state index in [-0.39, 0.29) is 12.1 Å². The monoisotopic (exact) mass is 384 g/mol. The molecule has 4 rings (SSSR count). The summed E-state index contributed by atoms with van der Waals surface area (Å²) in [5.74, 6) is 0.902. The molecular weight excluding hydrogens is 356 g/mol. The van der Waals surface area contributed by atoms with Crippen molar-refractivity contribution in [2.45, 2.75) is 38.0 Å². The van der Waals surface area contributed by atoms with Crippen molar-refractivity contribution in [3.8, 4) is 0 Å². The Labute approximate surface area is 165 Å². The van der Waals surface area contributed by atoms with Gasteiger partial charge in [0.15, 0.2) is 5.96 Å². The fourth-order valence-electron chi connectivity index (χ4n) is 3.67. The van der Waals surface area contributed by atoms with Gasteiger partial charge in [0.1, 0.15) is 17.8 Å². The number of nitrogens with zero attached hydrogens (tertiary/aromatic N) is 5. The van der Waals surface area contributed by atoms with Gasteiger partial charge in [-0.1, -0.05) is 23.4 Å². The highest BCUT2D eigenvalue weighted by molar-refractivity contribution is 5.93. The first-order chi connectivity index (χ1) is 13.8. The second kappa shape index (κ2) is 9.16. The van der Waals surface area contributed by atoms with Gasteiger partial charge in [-0.15, -0.1) is 5.10 Å². The van der Waals surface area contributed by atoms with Crippen LogP contribution in [0.5, 0.6) is 0 Å². The molecule has 1 N–H and O–H groups in total. The fourth-order valence-corrected chi connectivity index (χ4v) is 3.67. The van der Waals surface area contributed by atoms with E-state index in [1.54, 1.807) is 7.11 Å². The fraction of sp³-hybridized carbons (Fsp3) is 0.550. The third kappa shape index (κ3) is 4.51. The number of rotatable bonds is 5. The summed E-state index contributed by atoms with van der Waals surface area (Å²) in [6, 6.07) is 10.2. The molecule has 2 aliphatic rings. The van der Waals surface area contributed by atoms with Crippen molar-refractivity contribution in [1.29, 1.82) is 0 Å². The summed E-state index contributed by atoms with van der Waals surface area (Å²) in [4.78, 5) is 7.17. The lowest BCUT2D eigenvalue weighted by atomic mass is 10.1. The molecule has 1 aromatic heterocycles. The van der Waals surface area contributed by atoms with Crippen LogP contribution in [-0.2, 0) is 16.0 Å². The second-order valence-electron chi connectivity index (χ2n) is 7.25. The molecule has 0 spiro atoms. The van der Waals surface area contributed by atoms with Crippen LogP contribution in [0.1, 0.15) is 31.0 Å². The normalized spacial score (nSPS) is 23.2. The minimum atomic E-state index is 0.0155. The Hall–Kier alpha value is -2.45. The molecular formula is C20H28N6O2. The number of aromatic nitrogens is 3. The van der Waals surface area contributed by atoms with Crippen LogP contribution in [0, 0.1) is 0 Å². The summed E-state index contributed by atoms with van der Waals surface area (Å²) in [5.41, 5.74) is 1.88. The first-order valence-electron chi connectivity index (χ1n) is 9.96. The van der Waals surface area contributed by atoms with Crippen LogP contribution in [0.3, 0.4) is 0 Å². The molecule has 2 aliphatic heterocycles. The molecule has 2 fully saturated rings. The smallest absolute Gasteiger partial charge is 0.198 e. The number of benzene rings is 1. The van der Waals surface area contributed by atoms with E-state index in [1.807, 2.05) is 29.1 Å². The molecule has 2 saturated heterocycles. The summed E-state index contributed by atoms with van der Waals surface area (Å²) >= 11 is 0. The number of hydrogen-bond acceptors (Lipinski definition) is 5. The van der Waals surface area contributed by atoms with Gasteiger partial charge in [-0.3, -0.25) is 0 Å². The number of methoxy groups -OCH3 is 1. The van der Waals surface area contributed by atoms with Gasteiger partial charge in [0.25, 0.3) is 0 Å². The lowest BCUT2D eigenvalue weighted by Gasteiger charge is -2.30. The van der Waals surface area contributed by atoms with E-state index in [2.05, 4.69) is 32.7 Å². The van der Waals surface area contributed by atoms with E-state index in [4.69, 9.17) is 14.5 Å². The van der Waals surface area contributed by atoms with Gasteiger partial charge < -0.3 is 19.7 Å². The average Bonchev–Trinajstić information content (AvgIpc) is 3.41. The predicted octanol–water partition coefficient (Wildman–Crippen LogP) is 2.32. The van der Waals surface area contributed by atoms with Crippen LogP contribution >= 0.6 is 0 Å². The number of hydrogen-bond donors (Lipinski definition) is 1. The van der Waals surface area contributed by atoms with E-state index in [1.165, 1.54) is 19.3 Å². The Kier molecular flexibility index (Phi) is 6.18. The van der Waals surface area contributed by atoms with Crippen molar-refractivity contribution >= 4 is 11.6 Å². The second-order valence-corrected chi connectivity index (χ2v) is 7.25. The van der Waals surface area contributed by atoms with Crippen molar-refractivity contribution in [2.75, 3.05) is 38.7 Å². The zero-order valence-corrected chi connectivity index (χ0v) is 16.3. The first kappa shape index (κ1) is 18.9. The van der Waals surface area contributed by atoms with Crippen LogP contribution in [0.4, 0.5) is 5.69 Å². The van der Waals surface area contributed by atoms with Gasteiger partial charge >= 0.3 is 0 Å². The number of nitrogens with one attached hydrogen (secondary N) is 1. The molecule has 28 heavy (non-hydrogen) atoms. The molecule has 2 aromatic rings. The van der Waals surface area contributed by atoms with Crippen LogP contribution in [0.25, 0.3) is 0 Å². The maximum atomic E-state index is 5.51. The standard InChI is InChI=1S/C20H28N6O2/c1-27-19-15-28-14-18(19)26-13-17(23-24-26)12-21-20(25-10-6-3-7-11-25)22-16-8-4-2-5-9-16/h2,4-5,8-9,13,18-19H,3,6-7,10-12,14-15H2,1H3,(H,21,22)/t18-,19-/m1/s1. The van der Waals surface area contributed by atoms with Crippen LogP contribution in [0.15, 0.2) is 41.5 Å². The third-order valence-electron chi connectivity index (χ3n) is 5.28. The molecule has 2 atom stereocenters. The van der Waals surface area contributed by atoms with Gasteiger partial charge in [0.05, 0.1) is 26.0 Å². The van der Waals surface area contributed by atoms with E-state index in [0.717, 1.165) is 30.4 Å². The molecule has 3 heterocycles. The van der Waals surface area contributed by atoms with Crippen LogP contribution < -0.4 is 5.32 Å². The SMILES string of the molecule is CO[C@@H]1COC[C@H]1n1cc(CN=C(Nc2ccccc2)N2CCCCC2)nn1. The average molecular weight is 384 g/mol. The minimum absolute atomic E-state index is 0.0155. The highest BCUT2D eigenvalue weighted by Gasteiger charge is 2.30. The maximum Gasteiger partial charge on any atom is 0.198 e. The molecule has 0 amide bonds. The number of para-hydroxylation sites is 1. The lowest BCUT2D eigenvalue weighted by Crippen LogP contribution is -2.40. The van der Waals surface area contributed by atoms with Gasteiger partial charge in [-0.2, -0.15) is 0 Å². The number of likely N-dealkylation sites (tertiary alicyclic amines) is 1. The largest absolute Gasteiger partial charge is 0.377 e. The van der Waals surface area contributed by atoms with E-state index in [0.29, 0.717) is 19.8 Å². The van der Waals surface area contributed by atoms with E-state index >= 15 is 0 Å². The third-order valence-corrected chi connectivity index (χ3v) is 5.28. The molecule has 8 nitrogen and oxygen atoms in total. The van der Waals surface area contributed by atoms with Crippen molar-refractivity contribution in [1.82, 2.24) is 19.9 Å². The molecule has 0 saturated carbocycles. The van der Waals surface area contributed by atoms with Crippen molar-refractivity contribution in [3.05, 3.63) is 42.2 Å². The molecule has 0 aliphatic carbocycles. The highest BCUT2D eigenvalue weighted by Crippen LogP contribution is 2.21. The number of piperidine rings is 1. The summed E-state index contributed by atoms with van der Waals surface area (Å²) in [5, 5.41) is 12.1. The number of aliphatic imine (C=N–C) groups is 1. The number of guanidine groups is 1. The Morgan fingerprint density at radius 1 is 1.21 bits per heavy atom. The summed E-state index contributed by atoms with van der Waals surface area (Å²) in [6.07, 6.45) is 5.65. The summed E-state index contributed by atoms with van der Waals surface area (Å²) in [7, 11) is 1.70. The first-order valence-corrected chi connectivity index (χ1v) is 9.96. The van der Waals surface area contributed by atoms with Gasteiger partial charge in [-0.25, -0.2) is 9.67 Å². The summed E-state index contributed by atoms with van der Waals surface area (Å²) < 4.78 is 12.8. The molecule has 0 radical (unpaired) electrons. The maximum absolute atomic E-state index is 5.51. The molecule has 150 valence electrons. The van der Waals surface area contributed by atoms with Gasteiger partial charge in [-0.05, 0) is 31.4 Å². The van der Waals surface area contributed by atoms with Gasteiger partial charge in [0, 0.05) is 25.9 Å². The lowest BCUT2D eigenvalue weighted by molar-refractivity contribution is 0.0661. The number of ether oxygens (including phenoxy) is 2. The molecule has 0 unspecified atom stereocenters. The zero-order valence-electron chi connectivity index (χ0n) is 16.3. The van der Waals surface area contributed by atoms with Crippen molar-refractivity contribution in [3.63, 3.8) is 0 Å². The Morgan fingerprint density at radius 3 is 2.82 bits per heavy atom. The molecule has 1 aromatic carbocycles. The van der Waals surface area contributed by atoms with E-state index in [9.17, 15) is 0 Å². The zero-order chi connectivity index (χ0) is 19.2. The van der Waals surface area contributed by atoms with Crippen LogP contribution in [0.2, 0.25) is 0 Å². The molecule has 8 heteroatoms. The topological polar surface area (TPSA) is 76.8 Å². The van der Waals surface area contributed by atoms with E-state index < -0.39 is 0 Å². The number of anilines is 1. The summed E-state index contributed by atoms with van der Waals surface area (Å²) in [6.45, 7) is 3.73. The predicted molar refractivity (Wildman–Crippen MR) is 107 cm³/mol. The Morgan fingerprint density at radius 2 is 2.04 bits per heavy atom. The highest BCUT2D eigenvalue weighted by atomic mass is 16.5. The van der Waals surface area contributed by atoms with Crippen molar-refractivity contribution in [2.24, 2.45) is 4.99 Å². The Bertz CT molecular complexity index is 772. The Balaban J connectivity index is 1.47. The quantitative estimate of drug-likeness (QED) is 0.630. The minimum Gasteiger partial charge on any atom is -0.377 e. The van der Waals surface area contributed by atoms with Gasteiger partial charge in [0.2, 0.25) is 0 Å².